The van der Waals surface area contributed by atoms with Crippen molar-refractivity contribution < 1.29 is 9.53 Å². The monoisotopic (exact) mass is 389 g/mol. The second-order valence-corrected chi connectivity index (χ2v) is 8.32. The number of ether oxygens (including phenoxy) is 1. The predicted molar refractivity (Wildman–Crippen MR) is 108 cm³/mol. The molecule has 0 unspecified atom stereocenters. The van der Waals surface area contributed by atoms with Crippen LogP contribution in [-0.4, -0.2) is 77.4 Å². The number of nitrogens with zero attached hydrogens (tertiary/aromatic N) is 4. The van der Waals surface area contributed by atoms with Crippen LogP contribution in [-0.2, 0) is 24.3 Å². The Bertz CT molecular complexity index is 660. The van der Waals surface area contributed by atoms with Crippen LogP contribution in [0.15, 0.2) is 0 Å². The largest absolute Gasteiger partial charge is 0.376 e. The zero-order chi connectivity index (χ0) is 19.3. The molecule has 3 aliphatic rings. The number of likely N-dealkylation sites (tertiary alicyclic amines) is 2. The standard InChI is InChI=1S/C21H35N5O2/c1-2-26-19-8-15-28-16-18(19)20(23-26)21(27)22-9-14-24-12-6-17(7-13-24)25-10-4-3-5-11-25/h17H,2-16H2,1H3,(H,22,27). The van der Waals surface area contributed by atoms with E-state index in [1.807, 2.05) is 4.68 Å². The van der Waals surface area contributed by atoms with Crippen LogP contribution in [0, 0.1) is 0 Å². The number of aromatic nitrogens is 2. The average molecular weight is 390 g/mol. The molecule has 1 aromatic rings. The van der Waals surface area contributed by atoms with Gasteiger partial charge in [-0.2, -0.15) is 5.10 Å². The van der Waals surface area contributed by atoms with Gasteiger partial charge in [-0.15, -0.1) is 0 Å². The third-order valence-electron chi connectivity index (χ3n) is 6.59. The van der Waals surface area contributed by atoms with Crippen molar-refractivity contribution in [3.63, 3.8) is 0 Å². The lowest BCUT2D eigenvalue weighted by Crippen LogP contribution is -2.48. The maximum absolute atomic E-state index is 12.7. The maximum atomic E-state index is 12.7. The molecule has 0 bridgehead atoms. The molecule has 1 amide bonds. The molecule has 2 fully saturated rings. The zero-order valence-corrected chi connectivity index (χ0v) is 17.3. The van der Waals surface area contributed by atoms with Gasteiger partial charge in [-0.3, -0.25) is 9.48 Å². The molecule has 1 N–H and O–H groups in total. The van der Waals surface area contributed by atoms with E-state index >= 15 is 0 Å². The smallest absolute Gasteiger partial charge is 0.272 e. The molecular formula is C21H35N5O2. The number of rotatable bonds is 6. The van der Waals surface area contributed by atoms with E-state index in [-0.39, 0.29) is 5.91 Å². The zero-order valence-electron chi connectivity index (χ0n) is 17.3. The molecular weight excluding hydrogens is 354 g/mol. The molecule has 1 aromatic heterocycles. The summed E-state index contributed by atoms with van der Waals surface area (Å²) < 4.78 is 7.52. The summed E-state index contributed by atoms with van der Waals surface area (Å²) >= 11 is 0. The van der Waals surface area contributed by atoms with E-state index in [1.165, 1.54) is 50.9 Å². The van der Waals surface area contributed by atoms with Gasteiger partial charge < -0.3 is 19.9 Å². The highest BCUT2D eigenvalue weighted by atomic mass is 16.5. The number of hydrogen-bond donors (Lipinski definition) is 1. The van der Waals surface area contributed by atoms with Crippen LogP contribution in [0.4, 0.5) is 0 Å². The molecule has 0 radical (unpaired) electrons. The number of carbonyl (C=O) groups excluding carboxylic acids is 1. The van der Waals surface area contributed by atoms with Crippen LogP contribution >= 0.6 is 0 Å². The normalized spacial score (nSPS) is 22.2. The fourth-order valence-electron chi connectivity index (χ4n) is 4.96. The van der Waals surface area contributed by atoms with Gasteiger partial charge in [0.25, 0.3) is 5.91 Å². The highest BCUT2D eigenvalue weighted by Gasteiger charge is 2.27. The summed E-state index contributed by atoms with van der Waals surface area (Å²) in [5, 5.41) is 7.63. The van der Waals surface area contributed by atoms with E-state index in [1.54, 1.807) is 0 Å². The minimum Gasteiger partial charge on any atom is -0.376 e. The van der Waals surface area contributed by atoms with Crippen molar-refractivity contribution >= 4 is 5.91 Å². The third-order valence-corrected chi connectivity index (χ3v) is 6.59. The Morgan fingerprint density at radius 3 is 2.71 bits per heavy atom. The summed E-state index contributed by atoms with van der Waals surface area (Å²) in [6.45, 7) is 10.6. The molecule has 4 rings (SSSR count). The second kappa shape index (κ2) is 9.37. The number of nitrogens with one attached hydrogen (secondary N) is 1. The number of carbonyl (C=O) groups is 1. The van der Waals surface area contributed by atoms with Crippen molar-refractivity contribution in [1.82, 2.24) is 24.9 Å². The highest BCUT2D eigenvalue weighted by molar-refractivity contribution is 5.94. The quantitative estimate of drug-likeness (QED) is 0.802. The molecule has 0 aliphatic carbocycles. The summed E-state index contributed by atoms with van der Waals surface area (Å²) in [5.41, 5.74) is 2.70. The molecule has 0 spiro atoms. The van der Waals surface area contributed by atoms with Crippen molar-refractivity contribution in [2.45, 2.75) is 64.6 Å². The van der Waals surface area contributed by atoms with Crippen LogP contribution in [0.1, 0.15) is 60.8 Å². The number of hydrogen-bond acceptors (Lipinski definition) is 5. The van der Waals surface area contributed by atoms with E-state index < -0.39 is 0 Å². The van der Waals surface area contributed by atoms with Crippen molar-refractivity contribution in [1.29, 1.82) is 0 Å². The first-order chi connectivity index (χ1) is 13.8. The second-order valence-electron chi connectivity index (χ2n) is 8.32. The van der Waals surface area contributed by atoms with Crippen LogP contribution in [0.3, 0.4) is 0 Å². The van der Waals surface area contributed by atoms with Crippen molar-refractivity contribution in [3.8, 4) is 0 Å². The van der Waals surface area contributed by atoms with Gasteiger partial charge in [0.15, 0.2) is 5.69 Å². The molecule has 0 aromatic carbocycles. The van der Waals surface area contributed by atoms with Crippen LogP contribution in [0.2, 0.25) is 0 Å². The molecule has 4 heterocycles. The van der Waals surface area contributed by atoms with E-state index in [0.717, 1.165) is 44.2 Å². The van der Waals surface area contributed by atoms with Gasteiger partial charge in [-0.1, -0.05) is 6.42 Å². The summed E-state index contributed by atoms with van der Waals surface area (Å²) in [4.78, 5) is 17.9. The van der Waals surface area contributed by atoms with E-state index in [9.17, 15) is 4.79 Å². The summed E-state index contributed by atoms with van der Waals surface area (Å²) in [6.07, 6.45) is 7.51. The maximum Gasteiger partial charge on any atom is 0.272 e. The highest BCUT2D eigenvalue weighted by Crippen LogP contribution is 2.22. The van der Waals surface area contributed by atoms with E-state index in [2.05, 4.69) is 27.1 Å². The lowest BCUT2D eigenvalue weighted by Gasteiger charge is -2.40. The Kier molecular flexibility index (Phi) is 6.65. The van der Waals surface area contributed by atoms with Gasteiger partial charge in [0.05, 0.1) is 13.2 Å². The summed E-state index contributed by atoms with van der Waals surface area (Å²) in [6, 6.07) is 0.774. The Balaban J connectivity index is 1.23. The number of fused-ring (bicyclic) bond motifs is 1. The number of piperidine rings is 2. The first-order valence-electron chi connectivity index (χ1n) is 11.2. The SMILES string of the molecule is CCn1nc(C(=O)NCCN2CCC(N3CCCCC3)CC2)c2c1CCOC2. The molecule has 28 heavy (non-hydrogen) atoms. The molecule has 7 nitrogen and oxygen atoms in total. The van der Waals surface area contributed by atoms with Crippen molar-refractivity contribution in [2.75, 3.05) is 45.9 Å². The third kappa shape index (κ3) is 4.42. The topological polar surface area (TPSA) is 62.6 Å². The fraction of sp³-hybridized carbons (Fsp3) is 0.810. The lowest BCUT2D eigenvalue weighted by molar-refractivity contribution is 0.0869. The first kappa shape index (κ1) is 19.9. The van der Waals surface area contributed by atoms with E-state index in [4.69, 9.17) is 4.74 Å². The molecule has 3 aliphatic heterocycles. The lowest BCUT2D eigenvalue weighted by atomic mass is 10.00. The molecule has 7 heteroatoms. The minimum absolute atomic E-state index is 0.0582. The van der Waals surface area contributed by atoms with Gasteiger partial charge in [0.1, 0.15) is 0 Å². The minimum atomic E-state index is -0.0582. The van der Waals surface area contributed by atoms with Gasteiger partial charge in [-0.05, 0) is 58.8 Å². The Labute approximate surface area is 168 Å². The Hall–Kier alpha value is -1.44. The number of aryl methyl sites for hydroxylation is 1. The van der Waals surface area contributed by atoms with Gasteiger partial charge in [0, 0.05) is 43.4 Å². The van der Waals surface area contributed by atoms with Gasteiger partial charge >= 0.3 is 0 Å². The predicted octanol–water partition coefficient (Wildman–Crippen LogP) is 1.66. The first-order valence-corrected chi connectivity index (χ1v) is 11.2. The Morgan fingerprint density at radius 2 is 1.96 bits per heavy atom. The van der Waals surface area contributed by atoms with Gasteiger partial charge in [-0.25, -0.2) is 0 Å². The van der Waals surface area contributed by atoms with Crippen molar-refractivity contribution in [2.24, 2.45) is 0 Å². The van der Waals surface area contributed by atoms with Crippen LogP contribution in [0.5, 0.6) is 0 Å². The summed E-state index contributed by atoms with van der Waals surface area (Å²) in [7, 11) is 0. The molecule has 0 atom stereocenters. The van der Waals surface area contributed by atoms with Gasteiger partial charge in [0.2, 0.25) is 0 Å². The summed E-state index contributed by atoms with van der Waals surface area (Å²) in [5.74, 6) is -0.0582. The molecule has 2 saturated heterocycles. The molecule has 156 valence electrons. The van der Waals surface area contributed by atoms with Crippen molar-refractivity contribution in [3.05, 3.63) is 17.0 Å². The van der Waals surface area contributed by atoms with Crippen LogP contribution in [0.25, 0.3) is 0 Å². The fourth-order valence-corrected chi connectivity index (χ4v) is 4.96. The Morgan fingerprint density at radius 1 is 1.18 bits per heavy atom. The van der Waals surface area contributed by atoms with E-state index in [0.29, 0.717) is 25.5 Å². The average Bonchev–Trinajstić information content (AvgIpc) is 3.14. The van der Waals surface area contributed by atoms with Crippen LogP contribution < -0.4 is 5.32 Å². The molecule has 0 saturated carbocycles. The number of amides is 1.